The second-order valence-electron chi connectivity index (χ2n) is 7.48. The summed E-state index contributed by atoms with van der Waals surface area (Å²) in [6.45, 7) is 4.56. The monoisotopic (exact) mass is 323 g/mol. The molecule has 0 bridgehead atoms. The van der Waals surface area contributed by atoms with Crippen molar-refractivity contribution in [3.05, 3.63) is 0 Å². The van der Waals surface area contributed by atoms with Gasteiger partial charge in [-0.25, -0.2) is 0 Å². The summed E-state index contributed by atoms with van der Waals surface area (Å²) in [5, 5.41) is 0. The number of likely N-dealkylation sites (tertiary alicyclic amines) is 1. The van der Waals surface area contributed by atoms with Gasteiger partial charge >= 0.3 is 0 Å². The van der Waals surface area contributed by atoms with Crippen molar-refractivity contribution in [3.8, 4) is 0 Å². The molecule has 1 heterocycles. The van der Waals surface area contributed by atoms with E-state index in [1.807, 2.05) is 0 Å². The first-order chi connectivity index (χ1) is 11.4. The third kappa shape index (κ3) is 10.9. The van der Waals surface area contributed by atoms with Crippen molar-refractivity contribution in [2.45, 2.75) is 116 Å². The lowest BCUT2D eigenvalue weighted by Crippen LogP contribution is -2.36. The highest BCUT2D eigenvalue weighted by Crippen LogP contribution is 2.17. The van der Waals surface area contributed by atoms with Crippen LogP contribution in [0.1, 0.15) is 110 Å². The molecule has 0 aliphatic carbocycles. The molecule has 136 valence electrons. The fraction of sp³-hybridized carbons (Fsp3) is 0.952. The summed E-state index contributed by atoms with van der Waals surface area (Å²) in [6, 6.07) is 0.213. The van der Waals surface area contributed by atoms with Gasteiger partial charge in [-0.1, -0.05) is 90.4 Å². The summed E-state index contributed by atoms with van der Waals surface area (Å²) >= 11 is 0. The maximum absolute atomic E-state index is 11.2. The van der Waals surface area contributed by atoms with Gasteiger partial charge < -0.3 is 4.79 Å². The average molecular weight is 324 g/mol. The predicted octanol–water partition coefficient (Wildman–Crippen LogP) is 6.13. The molecular weight excluding hydrogens is 282 g/mol. The van der Waals surface area contributed by atoms with Crippen LogP contribution in [0.25, 0.3) is 0 Å². The van der Waals surface area contributed by atoms with Crippen LogP contribution in [0, 0.1) is 0 Å². The zero-order chi connectivity index (χ0) is 16.6. The van der Waals surface area contributed by atoms with E-state index >= 15 is 0 Å². The lowest BCUT2D eigenvalue weighted by atomic mass is 10.1. The first-order valence-electron chi connectivity index (χ1n) is 10.6. The Hall–Kier alpha value is -0.370. The van der Waals surface area contributed by atoms with E-state index in [1.54, 1.807) is 0 Å². The molecule has 1 rings (SSSR count). The molecule has 1 unspecified atom stereocenters. The highest BCUT2D eigenvalue weighted by atomic mass is 16.1. The minimum absolute atomic E-state index is 0.213. The van der Waals surface area contributed by atoms with Gasteiger partial charge in [0.05, 0.1) is 6.04 Å². The van der Waals surface area contributed by atoms with E-state index in [9.17, 15) is 4.79 Å². The van der Waals surface area contributed by atoms with Crippen LogP contribution < -0.4 is 0 Å². The Morgan fingerprint density at radius 1 is 0.783 bits per heavy atom. The number of hydrogen-bond acceptors (Lipinski definition) is 2. The van der Waals surface area contributed by atoms with Crippen LogP contribution >= 0.6 is 0 Å². The maximum Gasteiger partial charge on any atom is 0.137 e. The molecular formula is C21H41NO. The van der Waals surface area contributed by atoms with Crippen LogP contribution in [0.3, 0.4) is 0 Å². The molecule has 0 aromatic rings. The second kappa shape index (κ2) is 15.2. The van der Waals surface area contributed by atoms with Crippen molar-refractivity contribution in [1.82, 2.24) is 4.90 Å². The molecule has 0 saturated carbocycles. The Kier molecular flexibility index (Phi) is 13.6. The number of rotatable bonds is 14. The van der Waals surface area contributed by atoms with E-state index < -0.39 is 0 Å². The largest absolute Gasteiger partial charge is 0.302 e. The lowest BCUT2D eigenvalue weighted by Gasteiger charge is -2.25. The number of carbonyl (C=O) groups excluding carboxylic acids is 1. The minimum Gasteiger partial charge on any atom is -0.302 e. The molecule has 0 spiro atoms. The van der Waals surface area contributed by atoms with Gasteiger partial charge in [-0.15, -0.1) is 0 Å². The number of carbonyl (C=O) groups is 1. The molecule has 0 aromatic heterocycles. The van der Waals surface area contributed by atoms with E-state index in [1.165, 1.54) is 103 Å². The summed E-state index contributed by atoms with van der Waals surface area (Å²) in [5.41, 5.74) is 0. The van der Waals surface area contributed by atoms with Gasteiger partial charge in [0.1, 0.15) is 6.29 Å². The summed E-state index contributed by atoms with van der Waals surface area (Å²) in [6.07, 6.45) is 22.9. The molecule has 1 saturated heterocycles. The van der Waals surface area contributed by atoms with Crippen molar-refractivity contribution in [1.29, 1.82) is 0 Å². The van der Waals surface area contributed by atoms with E-state index in [-0.39, 0.29) is 6.04 Å². The number of nitrogens with zero attached hydrogens (tertiary/aromatic N) is 1. The van der Waals surface area contributed by atoms with Gasteiger partial charge in [-0.3, -0.25) is 4.90 Å². The molecule has 0 amide bonds. The quantitative estimate of drug-likeness (QED) is 0.283. The minimum atomic E-state index is 0.213. The van der Waals surface area contributed by atoms with Crippen LogP contribution in [-0.4, -0.2) is 30.3 Å². The smallest absolute Gasteiger partial charge is 0.137 e. The summed E-state index contributed by atoms with van der Waals surface area (Å²) < 4.78 is 0. The molecule has 1 fully saturated rings. The van der Waals surface area contributed by atoms with Gasteiger partial charge in [0.25, 0.3) is 0 Å². The summed E-state index contributed by atoms with van der Waals surface area (Å²) in [4.78, 5) is 13.6. The van der Waals surface area contributed by atoms with E-state index in [4.69, 9.17) is 0 Å². The van der Waals surface area contributed by atoms with Crippen LogP contribution in [0.4, 0.5) is 0 Å². The summed E-state index contributed by atoms with van der Waals surface area (Å²) in [7, 11) is 0. The van der Waals surface area contributed by atoms with Crippen molar-refractivity contribution in [2.75, 3.05) is 13.1 Å². The fourth-order valence-electron chi connectivity index (χ4n) is 3.78. The molecule has 0 aromatic carbocycles. The Bertz CT molecular complexity index is 267. The van der Waals surface area contributed by atoms with Crippen LogP contribution in [0.5, 0.6) is 0 Å². The van der Waals surface area contributed by atoms with E-state index in [0.29, 0.717) is 0 Å². The normalized spacial score (nSPS) is 19.6. The molecule has 1 aliphatic rings. The molecule has 1 aliphatic heterocycles. The molecule has 2 nitrogen and oxygen atoms in total. The van der Waals surface area contributed by atoms with Crippen LogP contribution in [0.15, 0.2) is 0 Å². The van der Waals surface area contributed by atoms with Gasteiger partial charge in [-0.05, 0) is 32.4 Å². The number of aldehydes is 1. The molecule has 2 heteroatoms. The van der Waals surface area contributed by atoms with Gasteiger partial charge in [-0.2, -0.15) is 0 Å². The van der Waals surface area contributed by atoms with Crippen LogP contribution in [-0.2, 0) is 4.79 Å². The summed E-state index contributed by atoms with van der Waals surface area (Å²) in [5.74, 6) is 0. The Labute approximate surface area is 145 Å². The third-order valence-electron chi connectivity index (χ3n) is 5.37. The molecule has 0 N–H and O–H groups in total. The maximum atomic E-state index is 11.2. The average Bonchev–Trinajstić information content (AvgIpc) is 2.80. The van der Waals surface area contributed by atoms with Gasteiger partial charge in [0.15, 0.2) is 0 Å². The molecule has 1 atom stereocenters. The first kappa shape index (κ1) is 20.7. The first-order valence-corrected chi connectivity index (χ1v) is 10.6. The predicted molar refractivity (Wildman–Crippen MR) is 101 cm³/mol. The van der Waals surface area contributed by atoms with Gasteiger partial charge in [0.2, 0.25) is 0 Å². The highest BCUT2D eigenvalue weighted by Gasteiger charge is 2.19. The zero-order valence-electron chi connectivity index (χ0n) is 15.7. The van der Waals surface area contributed by atoms with E-state index in [0.717, 1.165) is 19.5 Å². The molecule has 0 radical (unpaired) electrons. The van der Waals surface area contributed by atoms with Crippen molar-refractivity contribution in [3.63, 3.8) is 0 Å². The topological polar surface area (TPSA) is 20.3 Å². The third-order valence-corrected chi connectivity index (χ3v) is 5.37. The Morgan fingerprint density at radius 2 is 1.35 bits per heavy atom. The standard InChI is InChI=1S/C21H41NO/c1-2-3-4-5-6-7-8-9-10-11-12-15-18-22-19-16-13-14-17-21(22)20-23/h20-21H,2-19H2,1H3. The van der Waals surface area contributed by atoms with Gasteiger partial charge in [0, 0.05) is 0 Å². The SMILES string of the molecule is CCCCCCCCCCCCCCN1CCCCCC1C=O. The highest BCUT2D eigenvalue weighted by molar-refractivity contribution is 5.57. The molecule has 23 heavy (non-hydrogen) atoms. The van der Waals surface area contributed by atoms with Crippen molar-refractivity contribution < 1.29 is 4.79 Å². The fourth-order valence-corrected chi connectivity index (χ4v) is 3.78. The number of unbranched alkanes of at least 4 members (excludes halogenated alkanes) is 11. The Morgan fingerprint density at radius 3 is 1.91 bits per heavy atom. The van der Waals surface area contributed by atoms with Crippen molar-refractivity contribution >= 4 is 6.29 Å². The van der Waals surface area contributed by atoms with E-state index in [2.05, 4.69) is 11.8 Å². The lowest BCUT2D eigenvalue weighted by molar-refractivity contribution is -0.112. The van der Waals surface area contributed by atoms with Crippen LogP contribution in [0.2, 0.25) is 0 Å². The second-order valence-corrected chi connectivity index (χ2v) is 7.48. The van der Waals surface area contributed by atoms with Crippen molar-refractivity contribution in [2.24, 2.45) is 0 Å². The Balaban J connectivity index is 1.88. The zero-order valence-corrected chi connectivity index (χ0v) is 15.7. The number of hydrogen-bond donors (Lipinski definition) is 0.